The molecule has 1 heterocycles. The van der Waals surface area contributed by atoms with Crippen molar-refractivity contribution >= 4 is 17.3 Å². The summed E-state index contributed by atoms with van der Waals surface area (Å²) in [7, 11) is 0. The Hall–Kier alpha value is -1.61. The summed E-state index contributed by atoms with van der Waals surface area (Å²) in [5.74, 6) is -0.158. The summed E-state index contributed by atoms with van der Waals surface area (Å²) < 4.78 is 4.93. The molecule has 2 aromatic rings. The van der Waals surface area contributed by atoms with Gasteiger partial charge in [-0.05, 0) is 29.5 Å². The first-order chi connectivity index (χ1) is 8.29. The van der Waals surface area contributed by atoms with Crippen LogP contribution in [0, 0.1) is 0 Å². The van der Waals surface area contributed by atoms with E-state index in [1.807, 2.05) is 25.1 Å². The average Bonchev–Trinajstić information content (AvgIpc) is 2.79. The molecule has 0 aliphatic rings. The fourth-order valence-corrected chi connectivity index (χ4v) is 2.49. The van der Waals surface area contributed by atoms with Crippen LogP contribution < -0.4 is 0 Å². The lowest BCUT2D eigenvalue weighted by Crippen LogP contribution is -2.06. The van der Waals surface area contributed by atoms with Crippen LogP contribution in [0.2, 0.25) is 0 Å². The van der Waals surface area contributed by atoms with E-state index in [1.165, 1.54) is 5.56 Å². The zero-order valence-corrected chi connectivity index (χ0v) is 10.5. The van der Waals surface area contributed by atoms with Crippen molar-refractivity contribution in [3.8, 4) is 11.1 Å². The predicted molar refractivity (Wildman–Crippen MR) is 70.1 cm³/mol. The summed E-state index contributed by atoms with van der Waals surface area (Å²) in [6.45, 7) is 2.26. The average molecular weight is 246 g/mol. The molecule has 0 saturated heterocycles. The summed E-state index contributed by atoms with van der Waals surface area (Å²) in [6.07, 6.45) is 0.366. The maximum atomic E-state index is 11.3. The fourth-order valence-electron chi connectivity index (χ4n) is 1.61. The van der Waals surface area contributed by atoms with Gasteiger partial charge in [0.1, 0.15) is 0 Å². The van der Waals surface area contributed by atoms with E-state index >= 15 is 0 Å². The molecule has 1 aromatic carbocycles. The van der Waals surface area contributed by atoms with Crippen LogP contribution in [0.3, 0.4) is 0 Å². The van der Waals surface area contributed by atoms with Crippen LogP contribution in [-0.4, -0.2) is 12.6 Å². The lowest BCUT2D eigenvalue weighted by molar-refractivity contribution is -0.142. The van der Waals surface area contributed by atoms with E-state index in [-0.39, 0.29) is 5.97 Å². The van der Waals surface area contributed by atoms with Gasteiger partial charge in [-0.1, -0.05) is 30.3 Å². The standard InChI is InChI=1S/C14H14O2S/c1-2-16-14(15)9-13-8-12(10-17-13)11-6-4-3-5-7-11/h3-8,10H,2,9H2,1H3. The van der Waals surface area contributed by atoms with Gasteiger partial charge in [0.25, 0.3) is 0 Å². The molecule has 0 N–H and O–H groups in total. The van der Waals surface area contributed by atoms with Gasteiger partial charge in [0.05, 0.1) is 13.0 Å². The molecule has 0 spiro atoms. The van der Waals surface area contributed by atoms with E-state index in [0.29, 0.717) is 13.0 Å². The van der Waals surface area contributed by atoms with Crippen molar-refractivity contribution in [1.82, 2.24) is 0 Å². The van der Waals surface area contributed by atoms with Gasteiger partial charge < -0.3 is 4.74 Å². The third kappa shape index (κ3) is 3.17. The Balaban J connectivity index is 2.09. The molecule has 0 radical (unpaired) electrons. The van der Waals surface area contributed by atoms with Gasteiger partial charge in [-0.25, -0.2) is 0 Å². The fraction of sp³-hybridized carbons (Fsp3) is 0.214. The van der Waals surface area contributed by atoms with E-state index in [2.05, 4.69) is 23.6 Å². The van der Waals surface area contributed by atoms with Crippen molar-refractivity contribution in [2.45, 2.75) is 13.3 Å². The van der Waals surface area contributed by atoms with Crippen LogP contribution >= 0.6 is 11.3 Å². The molecule has 0 amide bonds. The molecule has 0 aliphatic heterocycles. The van der Waals surface area contributed by atoms with E-state index < -0.39 is 0 Å². The Bertz CT molecular complexity index is 488. The van der Waals surface area contributed by atoms with E-state index in [1.54, 1.807) is 11.3 Å². The number of esters is 1. The Morgan fingerprint density at radius 3 is 2.71 bits per heavy atom. The first kappa shape index (κ1) is 11.9. The minimum absolute atomic E-state index is 0.158. The van der Waals surface area contributed by atoms with Crippen LogP contribution in [0.15, 0.2) is 41.8 Å². The zero-order chi connectivity index (χ0) is 12.1. The first-order valence-electron chi connectivity index (χ1n) is 5.58. The van der Waals surface area contributed by atoms with E-state index in [9.17, 15) is 4.79 Å². The third-order valence-corrected chi connectivity index (χ3v) is 3.32. The van der Waals surface area contributed by atoms with Crippen LogP contribution in [0.5, 0.6) is 0 Å². The van der Waals surface area contributed by atoms with Gasteiger partial charge >= 0.3 is 5.97 Å². The maximum Gasteiger partial charge on any atom is 0.311 e. The molecule has 0 bridgehead atoms. The molecule has 88 valence electrons. The molecule has 2 nitrogen and oxygen atoms in total. The van der Waals surface area contributed by atoms with Gasteiger partial charge in [-0.3, -0.25) is 4.79 Å². The lowest BCUT2D eigenvalue weighted by atomic mass is 10.1. The number of benzene rings is 1. The molecule has 0 fully saturated rings. The molecule has 0 saturated carbocycles. The first-order valence-corrected chi connectivity index (χ1v) is 6.46. The number of ether oxygens (including phenoxy) is 1. The van der Waals surface area contributed by atoms with Gasteiger partial charge in [0.2, 0.25) is 0 Å². The number of carbonyl (C=O) groups excluding carboxylic acids is 1. The lowest BCUT2D eigenvalue weighted by Gasteiger charge is -1.98. The minimum atomic E-state index is -0.158. The predicted octanol–water partition coefficient (Wildman–Crippen LogP) is 3.52. The maximum absolute atomic E-state index is 11.3. The van der Waals surface area contributed by atoms with Crippen molar-refractivity contribution in [3.05, 3.63) is 46.7 Å². The summed E-state index contributed by atoms with van der Waals surface area (Å²) >= 11 is 1.60. The van der Waals surface area contributed by atoms with Gasteiger partial charge in [-0.2, -0.15) is 0 Å². The largest absolute Gasteiger partial charge is 0.466 e. The van der Waals surface area contributed by atoms with Crippen molar-refractivity contribution in [3.63, 3.8) is 0 Å². The highest BCUT2D eigenvalue weighted by atomic mass is 32.1. The van der Waals surface area contributed by atoms with Crippen molar-refractivity contribution in [2.24, 2.45) is 0 Å². The smallest absolute Gasteiger partial charge is 0.311 e. The van der Waals surface area contributed by atoms with Crippen molar-refractivity contribution < 1.29 is 9.53 Å². The van der Waals surface area contributed by atoms with Crippen LogP contribution in [0.25, 0.3) is 11.1 Å². The SMILES string of the molecule is CCOC(=O)Cc1cc(-c2ccccc2)cs1. The highest BCUT2D eigenvalue weighted by molar-refractivity contribution is 7.10. The van der Waals surface area contributed by atoms with E-state index in [0.717, 1.165) is 10.4 Å². The molecular formula is C14H14O2S. The number of rotatable bonds is 4. The van der Waals surface area contributed by atoms with Gasteiger partial charge in [-0.15, -0.1) is 11.3 Å². The second kappa shape index (κ2) is 5.64. The number of thiophene rings is 1. The summed E-state index contributed by atoms with van der Waals surface area (Å²) in [5, 5.41) is 2.07. The zero-order valence-electron chi connectivity index (χ0n) is 9.68. The Labute approximate surface area is 105 Å². The molecule has 0 unspecified atom stereocenters. The highest BCUT2D eigenvalue weighted by Crippen LogP contribution is 2.25. The number of hydrogen-bond acceptors (Lipinski definition) is 3. The normalized spacial score (nSPS) is 10.2. The highest BCUT2D eigenvalue weighted by Gasteiger charge is 2.07. The molecule has 17 heavy (non-hydrogen) atoms. The van der Waals surface area contributed by atoms with Crippen molar-refractivity contribution in [1.29, 1.82) is 0 Å². The quantitative estimate of drug-likeness (QED) is 0.771. The number of carbonyl (C=O) groups is 1. The molecule has 1 aromatic heterocycles. The molecule has 0 atom stereocenters. The van der Waals surface area contributed by atoms with Crippen molar-refractivity contribution in [2.75, 3.05) is 6.61 Å². The molecule has 3 heteroatoms. The Morgan fingerprint density at radius 1 is 1.24 bits per heavy atom. The van der Waals surface area contributed by atoms with E-state index in [4.69, 9.17) is 4.74 Å². The van der Waals surface area contributed by atoms with Crippen LogP contribution in [-0.2, 0) is 16.0 Å². The molecular weight excluding hydrogens is 232 g/mol. The van der Waals surface area contributed by atoms with Gasteiger partial charge in [0, 0.05) is 4.88 Å². The molecule has 0 aliphatic carbocycles. The summed E-state index contributed by atoms with van der Waals surface area (Å²) in [4.78, 5) is 12.4. The Morgan fingerprint density at radius 2 is 2.00 bits per heavy atom. The van der Waals surface area contributed by atoms with Crippen LogP contribution in [0.1, 0.15) is 11.8 Å². The monoisotopic (exact) mass is 246 g/mol. The topological polar surface area (TPSA) is 26.3 Å². The number of hydrogen-bond donors (Lipinski definition) is 0. The Kier molecular flexibility index (Phi) is 3.94. The second-order valence-electron chi connectivity index (χ2n) is 3.65. The molecule has 2 rings (SSSR count). The van der Waals surface area contributed by atoms with Gasteiger partial charge in [0.15, 0.2) is 0 Å². The second-order valence-corrected chi connectivity index (χ2v) is 4.65. The van der Waals surface area contributed by atoms with Crippen LogP contribution in [0.4, 0.5) is 0 Å². The minimum Gasteiger partial charge on any atom is -0.466 e. The third-order valence-electron chi connectivity index (χ3n) is 2.38. The summed E-state index contributed by atoms with van der Waals surface area (Å²) in [6, 6.07) is 12.2. The summed E-state index contributed by atoms with van der Waals surface area (Å²) in [5.41, 5.74) is 2.34.